The Bertz CT molecular complexity index is 610. The number of rotatable bonds is 9. The molecule has 0 saturated carbocycles. The first kappa shape index (κ1) is 24.9. The SMILES string of the molecule is CCNC(=NCc1ccc(N(CC)CC)c(F)c1)N1CCC(COCC)C1.I. The summed E-state index contributed by atoms with van der Waals surface area (Å²) in [5.74, 6) is 1.29. The van der Waals surface area contributed by atoms with Gasteiger partial charge in [-0.25, -0.2) is 9.38 Å². The van der Waals surface area contributed by atoms with Crippen molar-refractivity contribution in [3.63, 3.8) is 0 Å². The lowest BCUT2D eigenvalue weighted by Crippen LogP contribution is -2.40. The third-order valence-corrected chi connectivity index (χ3v) is 5.01. The van der Waals surface area contributed by atoms with Gasteiger partial charge in [-0.15, -0.1) is 24.0 Å². The number of nitrogens with zero attached hydrogens (tertiary/aromatic N) is 3. The Morgan fingerprint density at radius 3 is 2.64 bits per heavy atom. The Balaban J connectivity index is 0.00000392. The number of anilines is 1. The van der Waals surface area contributed by atoms with Crippen LogP contribution in [0.3, 0.4) is 0 Å². The van der Waals surface area contributed by atoms with E-state index in [1.54, 1.807) is 6.07 Å². The van der Waals surface area contributed by atoms with Crippen molar-refractivity contribution in [1.29, 1.82) is 0 Å². The number of halogens is 2. The predicted octanol–water partition coefficient (Wildman–Crippen LogP) is 4.11. The normalized spacial score (nSPS) is 16.8. The Morgan fingerprint density at radius 1 is 1.29 bits per heavy atom. The molecule has 0 radical (unpaired) electrons. The zero-order valence-electron chi connectivity index (χ0n) is 17.7. The second-order valence-electron chi connectivity index (χ2n) is 6.89. The molecule has 1 aliphatic heterocycles. The summed E-state index contributed by atoms with van der Waals surface area (Å²) in [5, 5.41) is 3.37. The third kappa shape index (κ3) is 7.06. The second kappa shape index (κ2) is 13.2. The Morgan fingerprint density at radius 2 is 2.04 bits per heavy atom. The summed E-state index contributed by atoms with van der Waals surface area (Å²) in [7, 11) is 0. The molecule has 160 valence electrons. The lowest BCUT2D eigenvalue weighted by Gasteiger charge is -2.22. The number of hydrogen-bond acceptors (Lipinski definition) is 3. The van der Waals surface area contributed by atoms with Crippen LogP contribution in [-0.2, 0) is 11.3 Å². The topological polar surface area (TPSA) is 40.1 Å². The van der Waals surface area contributed by atoms with E-state index < -0.39 is 0 Å². The summed E-state index contributed by atoms with van der Waals surface area (Å²) in [6, 6.07) is 5.46. The van der Waals surface area contributed by atoms with Crippen LogP contribution in [0.15, 0.2) is 23.2 Å². The van der Waals surface area contributed by atoms with Gasteiger partial charge >= 0.3 is 0 Å². The molecule has 1 unspecified atom stereocenters. The van der Waals surface area contributed by atoms with Gasteiger partial charge in [-0.3, -0.25) is 0 Å². The molecule has 7 heteroatoms. The highest BCUT2D eigenvalue weighted by Crippen LogP contribution is 2.21. The fourth-order valence-electron chi connectivity index (χ4n) is 3.51. The zero-order valence-corrected chi connectivity index (χ0v) is 20.0. The lowest BCUT2D eigenvalue weighted by molar-refractivity contribution is 0.114. The van der Waals surface area contributed by atoms with Crippen molar-refractivity contribution in [3.8, 4) is 0 Å². The standard InChI is InChI=1S/C21H35FN4O.HI/c1-5-23-21(26-12-11-18(15-26)16-27-8-4)24-14-17-9-10-20(19(22)13-17)25(6-2)7-3;/h9-10,13,18H,5-8,11-12,14-16H2,1-4H3,(H,23,24);1H. The summed E-state index contributed by atoms with van der Waals surface area (Å²) >= 11 is 0. The van der Waals surface area contributed by atoms with E-state index in [2.05, 4.69) is 17.1 Å². The van der Waals surface area contributed by atoms with Gasteiger partial charge < -0.3 is 19.9 Å². The molecule has 2 rings (SSSR count). The van der Waals surface area contributed by atoms with Crippen molar-refractivity contribution < 1.29 is 9.13 Å². The molecule has 0 bridgehead atoms. The Labute approximate surface area is 186 Å². The van der Waals surface area contributed by atoms with Crippen LogP contribution in [-0.4, -0.2) is 56.8 Å². The van der Waals surface area contributed by atoms with Gasteiger partial charge in [-0.2, -0.15) is 0 Å². The summed E-state index contributed by atoms with van der Waals surface area (Å²) in [5.41, 5.74) is 1.56. The molecule has 0 aromatic heterocycles. The molecular formula is C21H36FIN4O. The second-order valence-corrected chi connectivity index (χ2v) is 6.89. The van der Waals surface area contributed by atoms with Gasteiger partial charge in [-0.05, 0) is 51.8 Å². The smallest absolute Gasteiger partial charge is 0.194 e. The molecule has 1 N–H and O–H groups in total. The average molecular weight is 506 g/mol. The van der Waals surface area contributed by atoms with Crippen molar-refractivity contribution in [2.75, 3.05) is 50.8 Å². The van der Waals surface area contributed by atoms with E-state index in [9.17, 15) is 4.39 Å². The van der Waals surface area contributed by atoms with Gasteiger partial charge in [0.15, 0.2) is 5.96 Å². The first-order chi connectivity index (χ1) is 13.1. The van der Waals surface area contributed by atoms with Gasteiger partial charge in [0.2, 0.25) is 0 Å². The van der Waals surface area contributed by atoms with Crippen LogP contribution in [0, 0.1) is 11.7 Å². The highest BCUT2D eigenvalue weighted by molar-refractivity contribution is 14.0. The maximum absolute atomic E-state index is 14.5. The molecular weight excluding hydrogens is 470 g/mol. The van der Waals surface area contributed by atoms with Crippen molar-refractivity contribution in [1.82, 2.24) is 10.2 Å². The van der Waals surface area contributed by atoms with Gasteiger partial charge in [0.05, 0.1) is 18.8 Å². The van der Waals surface area contributed by atoms with Gasteiger partial charge in [-0.1, -0.05) is 6.07 Å². The molecule has 1 aromatic carbocycles. The highest BCUT2D eigenvalue weighted by atomic mass is 127. The number of likely N-dealkylation sites (tertiary alicyclic amines) is 1. The Hall–Kier alpha value is -1.09. The molecule has 1 fully saturated rings. The summed E-state index contributed by atoms with van der Waals surface area (Å²) in [6.45, 7) is 14.6. The number of hydrogen-bond donors (Lipinski definition) is 1. The average Bonchev–Trinajstić information content (AvgIpc) is 3.14. The molecule has 1 atom stereocenters. The van der Waals surface area contributed by atoms with Crippen LogP contribution in [0.1, 0.15) is 39.7 Å². The van der Waals surface area contributed by atoms with E-state index in [-0.39, 0.29) is 29.8 Å². The molecule has 1 heterocycles. The molecule has 28 heavy (non-hydrogen) atoms. The quantitative estimate of drug-likeness (QED) is 0.311. The zero-order chi connectivity index (χ0) is 19.6. The van der Waals surface area contributed by atoms with E-state index in [1.807, 2.05) is 37.8 Å². The van der Waals surface area contributed by atoms with Crippen molar-refractivity contribution >= 4 is 35.6 Å². The lowest BCUT2D eigenvalue weighted by atomic mass is 10.1. The van der Waals surface area contributed by atoms with Crippen molar-refractivity contribution in [3.05, 3.63) is 29.6 Å². The minimum atomic E-state index is -0.172. The predicted molar refractivity (Wildman–Crippen MR) is 126 cm³/mol. The van der Waals surface area contributed by atoms with E-state index in [1.165, 1.54) is 0 Å². The number of nitrogens with one attached hydrogen (secondary N) is 1. The largest absolute Gasteiger partial charge is 0.381 e. The molecule has 1 aromatic rings. The summed E-state index contributed by atoms with van der Waals surface area (Å²) < 4.78 is 20.1. The fraction of sp³-hybridized carbons (Fsp3) is 0.667. The fourth-order valence-corrected chi connectivity index (χ4v) is 3.51. The third-order valence-electron chi connectivity index (χ3n) is 5.01. The molecule has 1 saturated heterocycles. The van der Waals surface area contributed by atoms with E-state index in [4.69, 9.17) is 9.73 Å². The molecule has 0 amide bonds. The monoisotopic (exact) mass is 506 g/mol. The van der Waals surface area contributed by atoms with Crippen LogP contribution in [0.4, 0.5) is 10.1 Å². The van der Waals surface area contributed by atoms with Crippen molar-refractivity contribution in [2.24, 2.45) is 10.9 Å². The van der Waals surface area contributed by atoms with E-state index >= 15 is 0 Å². The van der Waals surface area contributed by atoms with Crippen LogP contribution < -0.4 is 10.2 Å². The highest BCUT2D eigenvalue weighted by Gasteiger charge is 2.24. The van der Waals surface area contributed by atoms with Gasteiger partial charge in [0.1, 0.15) is 5.82 Å². The van der Waals surface area contributed by atoms with E-state index in [0.29, 0.717) is 18.2 Å². The first-order valence-electron chi connectivity index (χ1n) is 10.3. The van der Waals surface area contributed by atoms with E-state index in [0.717, 1.165) is 63.9 Å². The number of benzene rings is 1. The Kier molecular flexibility index (Phi) is 11.8. The number of guanidine groups is 1. The van der Waals surface area contributed by atoms with Crippen LogP contribution in [0.2, 0.25) is 0 Å². The minimum Gasteiger partial charge on any atom is -0.381 e. The van der Waals surface area contributed by atoms with Crippen LogP contribution in [0.25, 0.3) is 0 Å². The van der Waals surface area contributed by atoms with Gasteiger partial charge in [0.25, 0.3) is 0 Å². The maximum atomic E-state index is 14.5. The van der Waals surface area contributed by atoms with Crippen LogP contribution >= 0.6 is 24.0 Å². The minimum absolute atomic E-state index is 0. The first-order valence-corrected chi connectivity index (χ1v) is 10.3. The molecule has 0 aliphatic carbocycles. The summed E-state index contributed by atoms with van der Waals surface area (Å²) in [6.07, 6.45) is 1.12. The molecule has 1 aliphatic rings. The number of aliphatic imine (C=N–C) groups is 1. The molecule has 5 nitrogen and oxygen atoms in total. The van der Waals surface area contributed by atoms with Crippen molar-refractivity contribution in [2.45, 2.75) is 40.7 Å². The maximum Gasteiger partial charge on any atom is 0.194 e. The number of ether oxygens (including phenoxy) is 1. The molecule has 0 spiro atoms. The van der Waals surface area contributed by atoms with Crippen LogP contribution in [0.5, 0.6) is 0 Å². The summed E-state index contributed by atoms with van der Waals surface area (Å²) in [4.78, 5) is 9.06. The van der Waals surface area contributed by atoms with Gasteiger partial charge in [0, 0.05) is 45.2 Å².